The first-order valence-electron chi connectivity index (χ1n) is 7.49. The van der Waals surface area contributed by atoms with Crippen LogP contribution in [-0.4, -0.2) is 25.5 Å². The Bertz CT molecular complexity index is 1000. The van der Waals surface area contributed by atoms with Gasteiger partial charge in [-0.2, -0.15) is 0 Å². The molecule has 3 rings (SSSR count). The van der Waals surface area contributed by atoms with Crippen LogP contribution in [0.3, 0.4) is 0 Å². The van der Waals surface area contributed by atoms with Gasteiger partial charge in [-0.05, 0) is 43.7 Å². The van der Waals surface area contributed by atoms with Crippen LogP contribution in [0.1, 0.15) is 27.4 Å². The van der Waals surface area contributed by atoms with E-state index in [1.807, 2.05) is 13.1 Å². The molecule has 3 aromatic rings. The molecule has 0 saturated carbocycles. The molecule has 0 spiro atoms. The molecule has 0 aliphatic carbocycles. The van der Waals surface area contributed by atoms with Crippen molar-refractivity contribution >= 4 is 22.6 Å². The van der Waals surface area contributed by atoms with E-state index in [1.54, 1.807) is 36.6 Å². The number of anilines is 1. The van der Waals surface area contributed by atoms with Gasteiger partial charge in [-0.1, -0.05) is 0 Å². The predicted molar refractivity (Wildman–Crippen MR) is 91.1 cm³/mol. The summed E-state index contributed by atoms with van der Waals surface area (Å²) < 4.78 is 1.79. The van der Waals surface area contributed by atoms with Crippen LogP contribution in [0.2, 0.25) is 0 Å². The maximum absolute atomic E-state index is 12.4. The minimum absolute atomic E-state index is 0.0952. The molecule has 0 bridgehead atoms. The van der Waals surface area contributed by atoms with Gasteiger partial charge in [0.05, 0.1) is 11.0 Å². The van der Waals surface area contributed by atoms with Crippen LogP contribution in [0.25, 0.3) is 11.0 Å². The topological polar surface area (TPSA) is 100 Å². The van der Waals surface area contributed by atoms with E-state index in [0.717, 1.165) is 5.52 Å². The van der Waals surface area contributed by atoms with E-state index < -0.39 is 11.5 Å². The number of pyridine rings is 1. The molecule has 0 saturated heterocycles. The molecule has 7 nitrogen and oxygen atoms in total. The summed E-state index contributed by atoms with van der Waals surface area (Å²) >= 11 is 0. The number of benzene rings is 1. The van der Waals surface area contributed by atoms with E-state index in [2.05, 4.69) is 15.3 Å². The van der Waals surface area contributed by atoms with E-state index in [9.17, 15) is 14.7 Å². The van der Waals surface area contributed by atoms with Gasteiger partial charge in [0.2, 0.25) is 0 Å². The summed E-state index contributed by atoms with van der Waals surface area (Å²) in [5, 5.41) is 12.0. The Hall–Kier alpha value is -2.93. The lowest BCUT2D eigenvalue weighted by Crippen LogP contribution is -2.25. The molecule has 0 unspecified atom stereocenters. The van der Waals surface area contributed by atoms with Crippen LogP contribution in [0.15, 0.2) is 29.1 Å². The smallest absolute Gasteiger partial charge is 0.261 e. The van der Waals surface area contributed by atoms with Crippen LogP contribution in [-0.2, 0) is 13.7 Å². The minimum atomic E-state index is -0.466. The van der Waals surface area contributed by atoms with Crippen LogP contribution < -0.4 is 10.9 Å². The quantitative estimate of drug-likeness (QED) is 0.681. The summed E-state index contributed by atoms with van der Waals surface area (Å²) in [5.74, 6) is 0.0747. The summed E-state index contributed by atoms with van der Waals surface area (Å²) in [4.78, 5) is 31.4. The summed E-state index contributed by atoms with van der Waals surface area (Å²) in [6.45, 7) is 3.33. The molecule has 0 aliphatic heterocycles. The van der Waals surface area contributed by atoms with Crippen molar-refractivity contribution in [2.45, 2.75) is 20.5 Å². The molecule has 1 aromatic carbocycles. The molecular formula is C17H18N4O3. The highest BCUT2D eigenvalue weighted by Crippen LogP contribution is 2.20. The SMILES string of the molecule is Cc1cc(C)c(C(=O)Nc2ccc3c(c2)nc(CO)n3C)c(=O)[nH]1. The molecule has 24 heavy (non-hydrogen) atoms. The summed E-state index contributed by atoms with van der Waals surface area (Å²) in [7, 11) is 1.81. The number of aromatic nitrogens is 3. The van der Waals surface area contributed by atoms with Crippen molar-refractivity contribution < 1.29 is 9.90 Å². The first-order chi connectivity index (χ1) is 11.4. The number of aliphatic hydroxyl groups excluding tert-OH is 1. The lowest BCUT2D eigenvalue weighted by Gasteiger charge is -2.08. The monoisotopic (exact) mass is 326 g/mol. The fourth-order valence-electron chi connectivity index (χ4n) is 2.80. The number of hydrogen-bond acceptors (Lipinski definition) is 4. The molecule has 0 atom stereocenters. The summed E-state index contributed by atoms with van der Waals surface area (Å²) in [5.41, 5.74) is 3.06. The molecule has 0 radical (unpaired) electrons. The van der Waals surface area contributed by atoms with E-state index in [0.29, 0.717) is 28.3 Å². The van der Waals surface area contributed by atoms with Crippen LogP contribution >= 0.6 is 0 Å². The average molecular weight is 326 g/mol. The molecule has 1 amide bonds. The molecule has 2 aromatic heterocycles. The van der Waals surface area contributed by atoms with Gasteiger partial charge in [0.1, 0.15) is 18.0 Å². The van der Waals surface area contributed by atoms with Crippen LogP contribution in [0.5, 0.6) is 0 Å². The largest absolute Gasteiger partial charge is 0.388 e. The Balaban J connectivity index is 1.95. The highest BCUT2D eigenvalue weighted by atomic mass is 16.3. The van der Waals surface area contributed by atoms with Crippen molar-refractivity contribution in [2.24, 2.45) is 7.05 Å². The number of carbonyl (C=O) groups excluding carboxylic acids is 1. The van der Waals surface area contributed by atoms with Crippen molar-refractivity contribution in [1.82, 2.24) is 14.5 Å². The number of fused-ring (bicyclic) bond motifs is 1. The Morgan fingerprint density at radius 1 is 1.33 bits per heavy atom. The number of hydrogen-bond donors (Lipinski definition) is 3. The van der Waals surface area contributed by atoms with E-state index >= 15 is 0 Å². The maximum Gasteiger partial charge on any atom is 0.261 e. The number of nitrogens with zero attached hydrogens (tertiary/aromatic N) is 2. The first kappa shape index (κ1) is 15.9. The van der Waals surface area contributed by atoms with Gasteiger partial charge < -0.3 is 20.0 Å². The third kappa shape index (κ3) is 2.69. The number of nitrogens with one attached hydrogen (secondary N) is 2. The number of rotatable bonds is 3. The average Bonchev–Trinajstić information content (AvgIpc) is 2.82. The minimum Gasteiger partial charge on any atom is -0.388 e. The fourth-order valence-corrected chi connectivity index (χ4v) is 2.80. The van der Waals surface area contributed by atoms with Gasteiger partial charge in [0.25, 0.3) is 11.5 Å². The summed E-state index contributed by atoms with van der Waals surface area (Å²) in [6.07, 6.45) is 0. The van der Waals surface area contributed by atoms with Gasteiger partial charge in [0, 0.05) is 18.4 Å². The second-order valence-electron chi connectivity index (χ2n) is 5.74. The Labute approximate surface area is 138 Å². The summed E-state index contributed by atoms with van der Waals surface area (Å²) in [6, 6.07) is 7.01. The standard InChI is InChI=1S/C17H18N4O3/c1-9-6-10(2)18-16(23)15(9)17(24)19-11-4-5-13-12(7-11)20-14(8-22)21(13)3/h4-7,22H,8H2,1-3H3,(H,18,23)(H,19,24). The number of carbonyl (C=O) groups is 1. The third-order valence-electron chi connectivity index (χ3n) is 3.96. The lowest BCUT2D eigenvalue weighted by molar-refractivity contribution is 0.102. The molecule has 2 heterocycles. The fraction of sp³-hybridized carbons (Fsp3) is 0.235. The van der Waals surface area contributed by atoms with Gasteiger partial charge in [-0.3, -0.25) is 9.59 Å². The zero-order valence-corrected chi connectivity index (χ0v) is 13.7. The lowest BCUT2D eigenvalue weighted by atomic mass is 10.1. The second kappa shape index (κ2) is 5.93. The predicted octanol–water partition coefficient (Wildman–Crippen LogP) is 1.62. The highest BCUT2D eigenvalue weighted by molar-refractivity contribution is 6.05. The number of imidazole rings is 1. The Kier molecular flexibility index (Phi) is 3.94. The molecule has 3 N–H and O–H groups in total. The Morgan fingerprint density at radius 2 is 2.08 bits per heavy atom. The molecule has 7 heteroatoms. The van der Waals surface area contributed by atoms with E-state index in [1.165, 1.54) is 0 Å². The molecule has 0 aliphatic rings. The van der Waals surface area contributed by atoms with Gasteiger partial charge in [-0.25, -0.2) is 4.98 Å². The van der Waals surface area contributed by atoms with Crippen molar-refractivity contribution in [2.75, 3.05) is 5.32 Å². The third-order valence-corrected chi connectivity index (χ3v) is 3.96. The number of aryl methyl sites for hydroxylation is 3. The van der Waals surface area contributed by atoms with E-state index in [-0.39, 0.29) is 12.2 Å². The van der Waals surface area contributed by atoms with E-state index in [4.69, 9.17) is 0 Å². The maximum atomic E-state index is 12.4. The highest BCUT2D eigenvalue weighted by Gasteiger charge is 2.15. The second-order valence-corrected chi connectivity index (χ2v) is 5.74. The normalized spacial score (nSPS) is 11.0. The Morgan fingerprint density at radius 3 is 2.75 bits per heavy atom. The molecule has 0 fully saturated rings. The van der Waals surface area contributed by atoms with Gasteiger partial charge in [0.15, 0.2) is 0 Å². The van der Waals surface area contributed by atoms with Crippen LogP contribution in [0.4, 0.5) is 5.69 Å². The number of H-pyrrole nitrogens is 1. The van der Waals surface area contributed by atoms with Crippen LogP contribution in [0, 0.1) is 13.8 Å². The zero-order valence-electron chi connectivity index (χ0n) is 13.7. The molecular weight excluding hydrogens is 308 g/mol. The first-order valence-corrected chi connectivity index (χ1v) is 7.49. The van der Waals surface area contributed by atoms with Gasteiger partial charge >= 0.3 is 0 Å². The van der Waals surface area contributed by atoms with Gasteiger partial charge in [-0.15, -0.1) is 0 Å². The van der Waals surface area contributed by atoms with Crippen molar-refractivity contribution in [1.29, 1.82) is 0 Å². The molecule has 124 valence electrons. The van der Waals surface area contributed by atoms with Crippen molar-refractivity contribution in [3.8, 4) is 0 Å². The zero-order chi connectivity index (χ0) is 17.4. The number of aliphatic hydroxyl groups is 1. The van der Waals surface area contributed by atoms with Crippen molar-refractivity contribution in [3.05, 3.63) is 57.3 Å². The van der Waals surface area contributed by atoms with Crippen molar-refractivity contribution in [3.63, 3.8) is 0 Å². The number of amides is 1. The number of aromatic amines is 1.